The molecule has 3 aromatic rings. The lowest BCUT2D eigenvalue weighted by molar-refractivity contribution is -0.123. The monoisotopic (exact) mass is 604 g/mol. The number of aryl methyl sites for hydroxylation is 1. The number of aromatic nitrogens is 2. The van der Waals surface area contributed by atoms with Crippen LogP contribution in [0.25, 0.3) is 0 Å². The van der Waals surface area contributed by atoms with Crippen LogP contribution in [-0.2, 0) is 17.6 Å². The molecule has 2 amide bonds. The Bertz CT molecular complexity index is 1360. The van der Waals surface area contributed by atoms with Crippen LogP contribution in [0.3, 0.4) is 0 Å². The number of aliphatic hydroxyl groups excluding tert-OH is 1. The third-order valence-electron chi connectivity index (χ3n) is 7.33. The molecule has 234 valence electrons. The summed E-state index contributed by atoms with van der Waals surface area (Å²) in [5.41, 5.74) is 1.96. The largest absolute Gasteiger partial charge is 0.494 e. The van der Waals surface area contributed by atoms with E-state index in [1.54, 1.807) is 12.1 Å². The van der Waals surface area contributed by atoms with Crippen molar-refractivity contribution < 1.29 is 34.2 Å². The van der Waals surface area contributed by atoms with E-state index in [0.29, 0.717) is 38.2 Å². The van der Waals surface area contributed by atoms with E-state index in [2.05, 4.69) is 20.6 Å². The highest BCUT2D eigenvalue weighted by atomic mass is 16.5. The molecule has 3 atom stereocenters. The maximum absolute atomic E-state index is 13.4. The molecule has 0 aliphatic carbocycles. The molecular weight excluding hydrogens is 563 g/mol. The molecular formula is C32H41BN4O7. The first-order valence-electron chi connectivity index (χ1n) is 15.1. The normalized spacial score (nSPS) is 18.8. The second kappa shape index (κ2) is 16.2. The molecule has 1 unspecified atom stereocenters. The number of rotatable bonds is 5. The van der Waals surface area contributed by atoms with Crippen LogP contribution in [-0.4, -0.2) is 69.3 Å². The summed E-state index contributed by atoms with van der Waals surface area (Å²) in [6, 6.07) is 13.9. The van der Waals surface area contributed by atoms with Gasteiger partial charge in [0.15, 0.2) is 0 Å². The Kier molecular flexibility index (Phi) is 12.1. The predicted octanol–water partition coefficient (Wildman–Crippen LogP) is 2.58. The van der Waals surface area contributed by atoms with E-state index in [1.165, 1.54) is 12.4 Å². The second-order valence-corrected chi connectivity index (χ2v) is 11.5. The van der Waals surface area contributed by atoms with Gasteiger partial charge in [0, 0.05) is 6.42 Å². The minimum absolute atomic E-state index is 0.0556. The van der Waals surface area contributed by atoms with Gasteiger partial charge in [-0.1, -0.05) is 38.1 Å². The minimum atomic E-state index is -1.77. The average molecular weight is 605 g/mol. The molecule has 7 rings (SSSR count). The zero-order valence-electron chi connectivity index (χ0n) is 25.2. The average Bonchev–Trinajstić information content (AvgIpc) is 3.01. The first-order chi connectivity index (χ1) is 21.2. The molecule has 0 radical (unpaired) electrons. The van der Waals surface area contributed by atoms with Crippen LogP contribution >= 0.6 is 0 Å². The maximum atomic E-state index is 13.4. The fourth-order valence-electron chi connectivity index (χ4n) is 4.88. The number of nitrogens with zero attached hydrogens (tertiary/aromatic N) is 2. The number of amides is 2. The summed E-state index contributed by atoms with van der Waals surface area (Å²) in [6.45, 7) is 4.90. The molecule has 0 spiro atoms. The lowest BCUT2D eigenvalue weighted by Crippen LogP contribution is -2.55. The lowest BCUT2D eigenvalue weighted by Gasteiger charge is -2.24. The lowest BCUT2D eigenvalue weighted by atomic mass is 9.75. The van der Waals surface area contributed by atoms with Gasteiger partial charge in [0.2, 0.25) is 5.91 Å². The zero-order chi connectivity index (χ0) is 31.5. The number of aliphatic hydroxyl groups is 1. The van der Waals surface area contributed by atoms with Crippen LogP contribution in [0.2, 0.25) is 0 Å². The molecule has 11 nitrogen and oxygen atoms in total. The van der Waals surface area contributed by atoms with Crippen LogP contribution in [0.15, 0.2) is 60.9 Å². The zero-order valence-corrected chi connectivity index (χ0v) is 25.2. The van der Waals surface area contributed by atoms with Gasteiger partial charge in [-0.15, -0.1) is 0 Å². The molecule has 1 aromatic heterocycles. The predicted molar refractivity (Wildman–Crippen MR) is 165 cm³/mol. The minimum Gasteiger partial charge on any atom is -0.494 e. The van der Waals surface area contributed by atoms with Gasteiger partial charge in [-0.3, -0.25) is 14.6 Å². The highest BCUT2D eigenvalue weighted by molar-refractivity contribution is 6.43. The topological polar surface area (TPSA) is 163 Å². The van der Waals surface area contributed by atoms with Crippen molar-refractivity contribution in [1.29, 1.82) is 0 Å². The van der Waals surface area contributed by atoms with E-state index < -0.39 is 37.0 Å². The summed E-state index contributed by atoms with van der Waals surface area (Å²) >= 11 is 0. The third-order valence-corrected chi connectivity index (χ3v) is 7.33. The molecule has 2 aromatic carbocycles. The van der Waals surface area contributed by atoms with Crippen molar-refractivity contribution in [2.75, 3.05) is 13.2 Å². The highest BCUT2D eigenvalue weighted by Gasteiger charge is 2.30. The fraction of sp³-hybridized carbons (Fsp3) is 0.438. The van der Waals surface area contributed by atoms with Crippen LogP contribution < -0.4 is 20.1 Å². The summed E-state index contributed by atoms with van der Waals surface area (Å²) in [5, 5.41) is 36.0. The van der Waals surface area contributed by atoms with Gasteiger partial charge >= 0.3 is 7.12 Å². The molecule has 4 aliphatic rings. The van der Waals surface area contributed by atoms with Crippen molar-refractivity contribution in [3.05, 3.63) is 83.4 Å². The summed E-state index contributed by atoms with van der Waals surface area (Å²) < 4.78 is 11.7. The number of hydrogen-bond donors (Lipinski definition) is 5. The number of carbonyl (C=O) groups excluding carboxylic acids is 2. The van der Waals surface area contributed by atoms with Crippen molar-refractivity contribution >= 4 is 18.9 Å². The van der Waals surface area contributed by atoms with Crippen LogP contribution in [0, 0.1) is 5.92 Å². The van der Waals surface area contributed by atoms with E-state index in [0.717, 1.165) is 29.7 Å². The Morgan fingerprint density at radius 1 is 1.00 bits per heavy atom. The van der Waals surface area contributed by atoms with Gasteiger partial charge in [-0.05, 0) is 73.4 Å². The van der Waals surface area contributed by atoms with Gasteiger partial charge in [0.25, 0.3) is 5.91 Å². The molecule has 12 heteroatoms. The SMILES string of the molecule is CC(C)C[C@H](NC(=O)[C@@H]1Cc2ccc(cc2)OCCCCOc2ccc(cc2)CCC(O)c2cncc(n2)C(=O)N1)B(O)O. The van der Waals surface area contributed by atoms with E-state index >= 15 is 0 Å². The number of nitrogens with one attached hydrogen (secondary N) is 2. The van der Waals surface area contributed by atoms with Gasteiger partial charge in [0.1, 0.15) is 23.2 Å². The van der Waals surface area contributed by atoms with Crippen LogP contribution in [0.5, 0.6) is 11.5 Å². The van der Waals surface area contributed by atoms with Gasteiger partial charge in [-0.25, -0.2) is 4.98 Å². The number of carbonyl (C=O) groups is 2. The van der Waals surface area contributed by atoms with Crippen molar-refractivity contribution in [3.63, 3.8) is 0 Å². The number of ether oxygens (including phenoxy) is 2. The third kappa shape index (κ3) is 10.0. The Hall–Kier alpha value is -4.00. The smallest absolute Gasteiger partial charge is 0.475 e. The Balaban J connectivity index is 1.57. The Labute approximate surface area is 258 Å². The standard InChI is InChI=1S/C32H41BN4O7/c1-21(2)17-30(33(41)42)37-31(39)26-18-23-7-12-25(13-8-23)44-16-4-3-15-43-24-10-5-22(6-11-24)9-14-29(38)27-19-34-20-28(35-27)32(40)36-26/h5-8,10-13,19-21,26,29-30,38,41-42H,3-4,9,14-18H2,1-2H3,(H,36,40)(H,37,39)/t26-,29?,30-/m0/s1. The van der Waals surface area contributed by atoms with E-state index in [1.807, 2.05) is 50.2 Å². The first kappa shape index (κ1) is 32.9. The quantitative estimate of drug-likeness (QED) is 0.276. The van der Waals surface area contributed by atoms with Crippen molar-refractivity contribution in [2.24, 2.45) is 5.92 Å². The Morgan fingerprint density at radius 3 is 2.20 bits per heavy atom. The summed E-state index contributed by atoms with van der Waals surface area (Å²) in [4.78, 5) is 35.2. The van der Waals surface area contributed by atoms with Crippen LogP contribution in [0.4, 0.5) is 0 Å². The maximum Gasteiger partial charge on any atom is 0.475 e. The molecule has 4 aliphatic heterocycles. The Morgan fingerprint density at radius 2 is 1.61 bits per heavy atom. The molecule has 44 heavy (non-hydrogen) atoms. The number of benzene rings is 2. The molecule has 5 N–H and O–H groups in total. The van der Waals surface area contributed by atoms with E-state index in [4.69, 9.17) is 9.47 Å². The highest BCUT2D eigenvalue weighted by Crippen LogP contribution is 2.20. The van der Waals surface area contributed by atoms with Gasteiger partial charge in [0.05, 0.1) is 43.3 Å². The number of hydrogen-bond acceptors (Lipinski definition) is 9. The summed E-state index contributed by atoms with van der Waals surface area (Å²) in [7, 11) is -1.77. The molecule has 0 fully saturated rings. The van der Waals surface area contributed by atoms with Crippen LogP contribution in [0.1, 0.15) is 72.9 Å². The first-order valence-corrected chi connectivity index (χ1v) is 15.1. The van der Waals surface area contributed by atoms with Crippen molar-refractivity contribution in [2.45, 2.75) is 70.5 Å². The molecule has 0 saturated heterocycles. The van der Waals surface area contributed by atoms with E-state index in [-0.39, 0.29) is 23.7 Å². The molecule has 6 bridgehead atoms. The molecule has 0 saturated carbocycles. The van der Waals surface area contributed by atoms with E-state index in [9.17, 15) is 24.7 Å². The summed E-state index contributed by atoms with van der Waals surface area (Å²) in [6.07, 6.45) is 4.75. The molecule has 5 heterocycles. The van der Waals surface area contributed by atoms with Gasteiger partial charge in [-0.2, -0.15) is 0 Å². The van der Waals surface area contributed by atoms with Crippen molar-refractivity contribution in [1.82, 2.24) is 20.6 Å². The second-order valence-electron chi connectivity index (χ2n) is 11.5. The fourth-order valence-corrected chi connectivity index (χ4v) is 4.88. The summed E-state index contributed by atoms with van der Waals surface area (Å²) in [5.74, 6) is -0.603. The van der Waals surface area contributed by atoms with Crippen molar-refractivity contribution in [3.8, 4) is 11.5 Å². The van der Waals surface area contributed by atoms with Gasteiger partial charge < -0.3 is 35.3 Å².